The fourth-order valence-electron chi connectivity index (χ4n) is 3.73. The number of hydrazone groups is 1. The lowest BCUT2D eigenvalue weighted by molar-refractivity contribution is -0.117. The van der Waals surface area contributed by atoms with Gasteiger partial charge in [0.05, 0.1) is 17.5 Å². The largest absolute Gasteiger partial charge is 0.317 e. The summed E-state index contributed by atoms with van der Waals surface area (Å²) in [7, 11) is 1.78. The van der Waals surface area contributed by atoms with Crippen molar-refractivity contribution in [1.29, 1.82) is 0 Å². The summed E-state index contributed by atoms with van der Waals surface area (Å²) in [5, 5.41) is 6.65. The maximum absolute atomic E-state index is 13.1. The first-order valence-electron chi connectivity index (χ1n) is 11.9. The molecule has 0 radical (unpaired) electrons. The molecule has 4 aromatic rings. The molecule has 190 valence electrons. The number of benzene rings is 3. The molecule has 1 aromatic heterocycles. The van der Waals surface area contributed by atoms with Gasteiger partial charge in [-0.3, -0.25) is 19.1 Å². The maximum Gasteiger partial charge on any atom is 0.287 e. The maximum atomic E-state index is 13.1. The summed E-state index contributed by atoms with van der Waals surface area (Å²) in [4.78, 5) is 38.7. The molecule has 0 saturated carbocycles. The first-order chi connectivity index (χ1) is 18.5. The SMILES string of the molecule is Cc1c(/C=N/NC(=O)/C(=C/C=C/c2ccccc2)NC(=O)c2ccccc2)c(=O)n(-c2ccccc2)n1C. The lowest BCUT2D eigenvalue weighted by Gasteiger charge is -2.08. The number of amides is 2. The van der Waals surface area contributed by atoms with Gasteiger partial charge < -0.3 is 5.32 Å². The van der Waals surface area contributed by atoms with Crippen molar-refractivity contribution >= 4 is 24.1 Å². The summed E-state index contributed by atoms with van der Waals surface area (Å²) < 4.78 is 3.25. The van der Waals surface area contributed by atoms with Crippen LogP contribution in [0.25, 0.3) is 11.8 Å². The van der Waals surface area contributed by atoms with E-state index in [1.54, 1.807) is 55.1 Å². The zero-order valence-electron chi connectivity index (χ0n) is 21.0. The Morgan fingerprint density at radius 3 is 2.13 bits per heavy atom. The van der Waals surface area contributed by atoms with Crippen LogP contribution >= 0.6 is 0 Å². The van der Waals surface area contributed by atoms with Gasteiger partial charge in [-0.1, -0.05) is 78.9 Å². The van der Waals surface area contributed by atoms with E-state index in [-0.39, 0.29) is 11.3 Å². The first kappa shape index (κ1) is 25.8. The lowest BCUT2D eigenvalue weighted by atomic mass is 10.2. The van der Waals surface area contributed by atoms with Gasteiger partial charge in [0.15, 0.2) is 0 Å². The molecule has 0 aliphatic heterocycles. The Bertz CT molecular complexity index is 1560. The van der Waals surface area contributed by atoms with Crippen LogP contribution in [0, 0.1) is 6.92 Å². The third-order valence-corrected chi connectivity index (χ3v) is 5.84. The van der Waals surface area contributed by atoms with E-state index in [0.717, 1.165) is 5.56 Å². The molecule has 0 atom stereocenters. The summed E-state index contributed by atoms with van der Waals surface area (Å²) in [5.74, 6) is -1.08. The number of carbonyl (C=O) groups excluding carboxylic acids is 2. The topological polar surface area (TPSA) is 97.5 Å². The molecule has 38 heavy (non-hydrogen) atoms. The highest BCUT2D eigenvalue weighted by Gasteiger charge is 2.16. The number of hydrogen-bond acceptors (Lipinski definition) is 4. The summed E-state index contributed by atoms with van der Waals surface area (Å²) in [5.41, 5.74) is 5.20. The second-order valence-electron chi connectivity index (χ2n) is 8.34. The average molecular weight is 506 g/mol. The number of nitrogens with zero attached hydrogens (tertiary/aromatic N) is 3. The van der Waals surface area contributed by atoms with E-state index in [2.05, 4.69) is 15.8 Å². The van der Waals surface area contributed by atoms with Gasteiger partial charge in [0, 0.05) is 18.3 Å². The second kappa shape index (κ2) is 12.1. The molecule has 2 N–H and O–H groups in total. The molecule has 0 bridgehead atoms. The third kappa shape index (κ3) is 6.11. The minimum Gasteiger partial charge on any atom is -0.317 e. The molecule has 2 amide bonds. The molecular formula is C30H27N5O3. The van der Waals surface area contributed by atoms with Gasteiger partial charge >= 0.3 is 0 Å². The van der Waals surface area contributed by atoms with Crippen LogP contribution < -0.4 is 16.3 Å². The molecule has 3 aromatic carbocycles. The normalized spacial score (nSPS) is 11.7. The highest BCUT2D eigenvalue weighted by Crippen LogP contribution is 2.09. The quantitative estimate of drug-likeness (QED) is 0.164. The van der Waals surface area contributed by atoms with Gasteiger partial charge in [-0.2, -0.15) is 5.10 Å². The number of carbonyl (C=O) groups is 2. The van der Waals surface area contributed by atoms with E-state index in [0.29, 0.717) is 22.5 Å². The molecule has 0 fully saturated rings. The zero-order valence-corrected chi connectivity index (χ0v) is 21.0. The first-order valence-corrected chi connectivity index (χ1v) is 11.9. The zero-order chi connectivity index (χ0) is 26.9. The monoisotopic (exact) mass is 505 g/mol. The van der Waals surface area contributed by atoms with Crippen molar-refractivity contribution in [2.75, 3.05) is 0 Å². The summed E-state index contributed by atoms with van der Waals surface area (Å²) >= 11 is 0. The fourth-order valence-corrected chi connectivity index (χ4v) is 3.73. The minimum absolute atomic E-state index is 0.00494. The Hall–Kier alpha value is -5.24. The molecule has 0 unspecified atom stereocenters. The van der Waals surface area contributed by atoms with Crippen LogP contribution in [0.1, 0.15) is 27.2 Å². The molecular weight excluding hydrogens is 478 g/mol. The number of para-hydroxylation sites is 1. The Morgan fingerprint density at radius 1 is 0.868 bits per heavy atom. The predicted octanol–water partition coefficient (Wildman–Crippen LogP) is 3.96. The Labute approximate surface area is 220 Å². The predicted molar refractivity (Wildman–Crippen MR) is 149 cm³/mol. The smallest absolute Gasteiger partial charge is 0.287 e. The molecule has 1 heterocycles. The molecule has 0 aliphatic carbocycles. The fraction of sp³-hybridized carbons (Fsp3) is 0.0667. The van der Waals surface area contributed by atoms with Gasteiger partial charge in [0.1, 0.15) is 5.70 Å². The van der Waals surface area contributed by atoms with Crippen LogP contribution in [0.15, 0.2) is 119 Å². The number of nitrogens with one attached hydrogen (secondary N) is 2. The molecule has 4 rings (SSSR count). The Balaban J connectivity index is 1.55. The standard InChI is InChI=1S/C30H27N5O3/c1-22-26(30(38)35(34(22)2)25-18-10-5-11-19-25)21-31-33-29(37)27(20-12-15-23-13-6-3-7-14-23)32-28(36)24-16-8-4-9-17-24/h3-21H,1-2H3,(H,32,36)(H,33,37)/b15-12+,27-20-,31-21+. The van der Waals surface area contributed by atoms with Crippen LogP contribution in [-0.2, 0) is 11.8 Å². The van der Waals surface area contributed by atoms with Crippen molar-refractivity contribution < 1.29 is 9.59 Å². The lowest BCUT2D eigenvalue weighted by Crippen LogP contribution is -2.33. The van der Waals surface area contributed by atoms with E-state index in [1.165, 1.54) is 17.0 Å². The minimum atomic E-state index is -0.639. The Morgan fingerprint density at radius 2 is 1.47 bits per heavy atom. The average Bonchev–Trinajstić information content (AvgIpc) is 3.16. The van der Waals surface area contributed by atoms with Crippen molar-refractivity contribution in [3.8, 4) is 5.69 Å². The highest BCUT2D eigenvalue weighted by molar-refractivity contribution is 6.03. The van der Waals surface area contributed by atoms with Crippen molar-refractivity contribution in [1.82, 2.24) is 20.1 Å². The summed E-state index contributed by atoms with van der Waals surface area (Å²) in [6.45, 7) is 1.80. The van der Waals surface area contributed by atoms with E-state index in [1.807, 2.05) is 66.7 Å². The van der Waals surface area contributed by atoms with Crippen molar-refractivity contribution in [2.45, 2.75) is 6.92 Å². The Kier molecular flexibility index (Phi) is 8.25. The van der Waals surface area contributed by atoms with Crippen LogP contribution in [0.3, 0.4) is 0 Å². The highest BCUT2D eigenvalue weighted by atomic mass is 16.2. The van der Waals surface area contributed by atoms with Gasteiger partial charge in [0.25, 0.3) is 17.4 Å². The molecule has 8 heteroatoms. The van der Waals surface area contributed by atoms with Gasteiger partial charge in [-0.05, 0) is 42.8 Å². The van der Waals surface area contributed by atoms with Crippen LogP contribution in [0.4, 0.5) is 0 Å². The summed E-state index contributed by atoms with van der Waals surface area (Å²) in [6.07, 6.45) is 6.28. The van der Waals surface area contributed by atoms with Crippen molar-refractivity contribution in [2.24, 2.45) is 12.1 Å². The van der Waals surface area contributed by atoms with Crippen LogP contribution in [-0.4, -0.2) is 27.4 Å². The van der Waals surface area contributed by atoms with Gasteiger partial charge in [0.2, 0.25) is 0 Å². The second-order valence-corrected chi connectivity index (χ2v) is 8.34. The van der Waals surface area contributed by atoms with E-state index < -0.39 is 11.8 Å². The molecule has 8 nitrogen and oxygen atoms in total. The number of rotatable bonds is 8. The van der Waals surface area contributed by atoms with Crippen molar-refractivity contribution in [3.05, 3.63) is 142 Å². The molecule has 0 aliphatic rings. The van der Waals surface area contributed by atoms with Crippen molar-refractivity contribution in [3.63, 3.8) is 0 Å². The molecule has 0 saturated heterocycles. The van der Waals surface area contributed by atoms with E-state index in [4.69, 9.17) is 0 Å². The van der Waals surface area contributed by atoms with Gasteiger partial charge in [-0.15, -0.1) is 0 Å². The summed E-state index contributed by atoms with van der Waals surface area (Å²) in [6, 6.07) is 27.4. The van der Waals surface area contributed by atoms with E-state index in [9.17, 15) is 14.4 Å². The van der Waals surface area contributed by atoms with Crippen LogP contribution in [0.5, 0.6) is 0 Å². The number of hydrogen-bond donors (Lipinski definition) is 2. The number of allylic oxidation sites excluding steroid dienone is 2. The molecule has 0 spiro atoms. The van der Waals surface area contributed by atoms with Gasteiger partial charge in [-0.25, -0.2) is 10.1 Å². The van der Waals surface area contributed by atoms with E-state index >= 15 is 0 Å². The van der Waals surface area contributed by atoms with Crippen LogP contribution in [0.2, 0.25) is 0 Å². The number of aromatic nitrogens is 2. The third-order valence-electron chi connectivity index (χ3n) is 5.84.